The van der Waals surface area contributed by atoms with Crippen LogP contribution < -0.4 is 5.46 Å². The topological polar surface area (TPSA) is 131 Å². The first-order chi connectivity index (χ1) is 24.8. The number of hydrogen-bond acceptors (Lipinski definition) is 6. The van der Waals surface area contributed by atoms with Crippen molar-refractivity contribution in [2.75, 3.05) is 0 Å². The van der Waals surface area contributed by atoms with Gasteiger partial charge in [0, 0.05) is 33.1 Å². The zero-order chi connectivity index (χ0) is 35.1. The molecular weight excluding hydrogens is 639 g/mol. The van der Waals surface area contributed by atoms with Gasteiger partial charge in [0.05, 0.1) is 21.9 Å². The average molecular weight is 666 g/mol. The predicted molar refractivity (Wildman–Crippen MR) is 201 cm³/mol. The van der Waals surface area contributed by atoms with Gasteiger partial charge in [0.1, 0.15) is 13.4 Å². The van der Waals surface area contributed by atoms with Crippen LogP contribution in [0.4, 0.5) is 0 Å². The predicted octanol–water partition coefficient (Wildman–Crippen LogP) is 8.24. The van der Waals surface area contributed by atoms with Crippen molar-refractivity contribution in [1.82, 2.24) is 9.13 Å². The zero-order valence-corrected chi connectivity index (χ0v) is 26.8. The van der Waals surface area contributed by atoms with E-state index in [1.165, 1.54) is 4.57 Å². The Labute approximate surface area is 291 Å². The second-order valence-corrected chi connectivity index (χ2v) is 12.5. The lowest BCUT2D eigenvalue weighted by Crippen LogP contribution is -2.09. The molecule has 51 heavy (non-hydrogen) atoms. The molecule has 0 aliphatic heterocycles. The number of benzene rings is 7. The Morgan fingerprint density at radius 2 is 0.980 bits per heavy atom. The van der Waals surface area contributed by atoms with Crippen LogP contribution in [-0.4, -0.2) is 47.6 Å². The van der Waals surface area contributed by atoms with Gasteiger partial charge in [0.2, 0.25) is 11.5 Å². The molecule has 0 fully saturated rings. The van der Waals surface area contributed by atoms with Gasteiger partial charge in [0.15, 0.2) is 23.0 Å². The van der Waals surface area contributed by atoms with E-state index in [1.807, 2.05) is 66.7 Å². The maximum atomic E-state index is 11.8. The number of para-hydroxylation sites is 2. The highest BCUT2D eigenvalue weighted by molar-refractivity contribution is 6.47. The molecule has 0 saturated carbocycles. The fourth-order valence-corrected chi connectivity index (χ4v) is 7.52. The summed E-state index contributed by atoms with van der Waals surface area (Å²) in [4.78, 5) is 0. The Hall–Kier alpha value is -7.00. The third-order valence-electron chi connectivity index (χ3n) is 9.72. The largest absolute Gasteiger partial charge is 0.504 e. The van der Waals surface area contributed by atoms with Crippen molar-refractivity contribution in [1.29, 1.82) is 0 Å². The molecule has 9 heteroatoms. The second-order valence-electron chi connectivity index (χ2n) is 12.5. The van der Waals surface area contributed by atoms with Gasteiger partial charge < -0.3 is 39.8 Å². The van der Waals surface area contributed by atoms with Gasteiger partial charge in [-0.1, -0.05) is 90.4 Å². The van der Waals surface area contributed by atoms with Crippen LogP contribution in [0.2, 0.25) is 0 Å². The van der Waals surface area contributed by atoms with Gasteiger partial charge in [-0.25, -0.2) is 0 Å². The number of aromatic hydroxyl groups is 6. The minimum Gasteiger partial charge on any atom is -0.504 e. The normalized spacial score (nSPS) is 11.7. The minimum atomic E-state index is -0.954. The molecule has 0 unspecified atom stereocenters. The maximum absolute atomic E-state index is 11.8. The summed E-state index contributed by atoms with van der Waals surface area (Å²) in [7, 11) is 6.93. The Balaban J connectivity index is 1.42. The highest BCUT2D eigenvalue weighted by Crippen LogP contribution is 2.55. The van der Waals surface area contributed by atoms with E-state index in [4.69, 9.17) is 7.85 Å². The van der Waals surface area contributed by atoms with Crippen LogP contribution in [-0.2, 0) is 0 Å². The molecule has 2 heterocycles. The maximum Gasteiger partial charge on any atom is 0.206 e. The van der Waals surface area contributed by atoms with E-state index in [-0.39, 0.29) is 32.8 Å². The van der Waals surface area contributed by atoms with E-state index in [9.17, 15) is 30.6 Å². The Bertz CT molecular complexity index is 2860. The van der Waals surface area contributed by atoms with Crippen LogP contribution in [0.25, 0.3) is 77.2 Å². The van der Waals surface area contributed by atoms with Gasteiger partial charge in [-0.05, 0) is 59.2 Å². The first kappa shape index (κ1) is 30.1. The van der Waals surface area contributed by atoms with Crippen LogP contribution in [0.15, 0.2) is 127 Å². The molecule has 0 saturated heterocycles. The van der Waals surface area contributed by atoms with Crippen LogP contribution in [0.1, 0.15) is 0 Å². The van der Waals surface area contributed by atoms with Gasteiger partial charge in [-0.3, -0.25) is 0 Å². The first-order valence-corrected chi connectivity index (χ1v) is 16.2. The number of hydrogen-bond donors (Lipinski definition) is 6. The number of aromatic nitrogens is 2. The highest BCUT2D eigenvalue weighted by Gasteiger charge is 2.31. The van der Waals surface area contributed by atoms with Gasteiger partial charge in [0.25, 0.3) is 0 Å². The number of phenols is 6. The summed E-state index contributed by atoms with van der Waals surface area (Å²) >= 11 is 0. The molecule has 0 spiro atoms. The third-order valence-corrected chi connectivity index (χ3v) is 9.72. The van der Waals surface area contributed by atoms with Gasteiger partial charge >= 0.3 is 0 Å². The van der Waals surface area contributed by atoms with Crippen molar-refractivity contribution < 1.29 is 30.6 Å². The quantitative estimate of drug-likeness (QED) is 0.0638. The minimum absolute atomic E-state index is 0.0331. The summed E-state index contributed by atoms with van der Waals surface area (Å²) in [5.41, 5.74) is 5.62. The molecule has 7 aromatic carbocycles. The van der Waals surface area contributed by atoms with Crippen molar-refractivity contribution in [3.8, 4) is 68.1 Å². The van der Waals surface area contributed by atoms with Gasteiger partial charge in [-0.2, -0.15) is 0 Å². The number of rotatable bonds is 4. The molecule has 9 rings (SSSR count). The van der Waals surface area contributed by atoms with Crippen LogP contribution >= 0.6 is 0 Å². The van der Waals surface area contributed by atoms with Crippen LogP contribution in [0.5, 0.6) is 34.5 Å². The van der Waals surface area contributed by atoms with E-state index < -0.39 is 34.5 Å². The van der Waals surface area contributed by atoms with E-state index in [2.05, 4.69) is 28.8 Å². The SMILES string of the molecule is [B]c1c(-c2ccc3c(c2)c2c(-c4ccccc4)cccc2n3-c2ccccc2)c(O)c(O)c2c1c1c(O)c(O)c(O)c(O)c1n2-c1ccccc1. The molecule has 6 N–H and O–H groups in total. The summed E-state index contributed by atoms with van der Waals surface area (Å²) in [5.74, 6) is -4.51. The van der Waals surface area contributed by atoms with E-state index >= 15 is 0 Å². The molecular formula is C42H27BN2O6. The monoisotopic (exact) mass is 666 g/mol. The third kappa shape index (κ3) is 4.15. The number of phenolic OH excluding ortho intramolecular Hbond substituents is 6. The summed E-state index contributed by atoms with van der Waals surface area (Å²) < 4.78 is 3.55. The van der Waals surface area contributed by atoms with Crippen molar-refractivity contribution in [3.05, 3.63) is 127 Å². The lowest BCUT2D eigenvalue weighted by molar-refractivity contribution is 0.350. The fourth-order valence-electron chi connectivity index (χ4n) is 7.52. The summed E-state index contributed by atoms with van der Waals surface area (Å²) in [6.45, 7) is 0. The molecule has 2 radical (unpaired) electrons. The Kier molecular flexibility index (Phi) is 6.50. The lowest BCUT2D eigenvalue weighted by atomic mass is 9.82. The number of nitrogens with zero attached hydrogens (tertiary/aromatic N) is 2. The van der Waals surface area contributed by atoms with Crippen molar-refractivity contribution in [2.45, 2.75) is 0 Å². The smallest absolute Gasteiger partial charge is 0.206 e. The standard InChI is InChI=1S/C42H27BN2O6/c43-34-30(37(46)39(48)35-32(34)33-36(40(49)42(51)41(50)38(33)47)45(35)25-15-8-3-9-16-25)23-19-20-28-27(21-23)31-26(22-11-4-1-5-12-22)17-10-18-29(31)44(28)24-13-6-2-7-14-24/h1-21,46-51H. The van der Waals surface area contributed by atoms with Crippen molar-refractivity contribution >= 4 is 56.9 Å². The molecule has 0 aliphatic rings. The molecule has 0 amide bonds. The van der Waals surface area contributed by atoms with E-state index in [0.29, 0.717) is 11.3 Å². The van der Waals surface area contributed by atoms with E-state index in [0.717, 1.165) is 38.6 Å². The molecule has 9 aromatic rings. The molecule has 0 aliphatic carbocycles. The number of fused-ring (bicyclic) bond motifs is 6. The Morgan fingerprint density at radius 1 is 0.412 bits per heavy atom. The molecule has 244 valence electrons. The molecule has 0 bridgehead atoms. The average Bonchev–Trinajstić information content (AvgIpc) is 3.71. The van der Waals surface area contributed by atoms with Gasteiger partial charge in [-0.15, -0.1) is 0 Å². The van der Waals surface area contributed by atoms with Crippen molar-refractivity contribution in [2.24, 2.45) is 0 Å². The molecule has 8 nitrogen and oxygen atoms in total. The van der Waals surface area contributed by atoms with Crippen LogP contribution in [0, 0.1) is 0 Å². The Morgan fingerprint density at radius 3 is 1.65 bits per heavy atom. The summed E-state index contributed by atoms with van der Waals surface area (Å²) in [5, 5.41) is 69.0. The molecule has 0 atom stereocenters. The second kappa shape index (κ2) is 11.0. The zero-order valence-electron chi connectivity index (χ0n) is 26.8. The van der Waals surface area contributed by atoms with Crippen molar-refractivity contribution in [3.63, 3.8) is 0 Å². The fraction of sp³-hybridized carbons (Fsp3) is 0. The van der Waals surface area contributed by atoms with Crippen LogP contribution in [0.3, 0.4) is 0 Å². The van der Waals surface area contributed by atoms with E-state index in [1.54, 1.807) is 36.4 Å². The summed E-state index contributed by atoms with van der Waals surface area (Å²) in [6.07, 6.45) is 0. The lowest BCUT2D eigenvalue weighted by Gasteiger charge is -2.16. The highest BCUT2D eigenvalue weighted by atomic mass is 16.3. The summed E-state index contributed by atoms with van der Waals surface area (Å²) in [6, 6.07) is 40.5. The first-order valence-electron chi connectivity index (χ1n) is 16.2. The molecule has 2 aromatic heterocycles.